The molecule has 2 heteroatoms. The zero-order valence-corrected chi connectivity index (χ0v) is 14.7. The molecule has 0 aromatic carbocycles. The normalized spacial score (nSPS) is 22.5. The summed E-state index contributed by atoms with van der Waals surface area (Å²) in [6, 6.07) is 0. The summed E-state index contributed by atoms with van der Waals surface area (Å²) in [5, 5.41) is 0. The number of rotatable bonds is 6. The molecule has 0 aliphatic carbocycles. The van der Waals surface area contributed by atoms with Gasteiger partial charge in [0.25, 0.3) is 0 Å². The van der Waals surface area contributed by atoms with Crippen molar-refractivity contribution in [2.45, 2.75) is 66.7 Å². The fourth-order valence-electron chi connectivity index (χ4n) is 3.67. The minimum absolute atomic E-state index is 0.724. The highest BCUT2D eigenvalue weighted by Crippen LogP contribution is 2.40. The lowest BCUT2D eigenvalue weighted by molar-refractivity contribution is -0.0469. The smallest absolute Gasteiger partial charge is 0.00514 e. The zero-order chi connectivity index (χ0) is 15.0. The number of hydrogen-bond donors (Lipinski definition) is 0. The van der Waals surface area contributed by atoms with E-state index in [1.807, 2.05) is 13.8 Å². The molecule has 0 radical (unpaired) electrons. The quantitative estimate of drug-likeness (QED) is 0.718. The summed E-state index contributed by atoms with van der Waals surface area (Å²) in [7, 11) is 0. The minimum Gasteiger partial charge on any atom is -0.303 e. The van der Waals surface area contributed by atoms with Gasteiger partial charge in [-0.25, -0.2) is 0 Å². The second-order valence-corrected chi connectivity index (χ2v) is 7.09. The van der Waals surface area contributed by atoms with Crippen molar-refractivity contribution in [3.8, 4) is 0 Å². The van der Waals surface area contributed by atoms with Gasteiger partial charge in [-0.1, -0.05) is 34.6 Å². The fourth-order valence-corrected chi connectivity index (χ4v) is 3.67. The lowest BCUT2D eigenvalue weighted by Crippen LogP contribution is -2.60. The first kappa shape index (κ1) is 18.0. The topological polar surface area (TPSA) is 6.48 Å². The molecule has 1 spiro atoms. The van der Waals surface area contributed by atoms with Crippen LogP contribution in [0.2, 0.25) is 0 Å². The summed E-state index contributed by atoms with van der Waals surface area (Å²) in [5.41, 5.74) is 0.724. The molecule has 2 rings (SSSR count). The average molecular weight is 283 g/mol. The molecule has 2 fully saturated rings. The highest BCUT2D eigenvalue weighted by atomic mass is 15.2. The average Bonchev–Trinajstić information content (AvgIpc) is 2.41. The van der Waals surface area contributed by atoms with Gasteiger partial charge in [-0.15, -0.1) is 0 Å². The van der Waals surface area contributed by atoms with Gasteiger partial charge in [0.05, 0.1) is 0 Å². The van der Waals surface area contributed by atoms with Gasteiger partial charge in [-0.2, -0.15) is 0 Å². The Morgan fingerprint density at radius 1 is 0.950 bits per heavy atom. The van der Waals surface area contributed by atoms with Crippen LogP contribution in [0.25, 0.3) is 0 Å². The molecular formula is C18H38N2. The van der Waals surface area contributed by atoms with E-state index in [1.165, 1.54) is 71.4 Å². The van der Waals surface area contributed by atoms with Crippen LogP contribution < -0.4 is 0 Å². The van der Waals surface area contributed by atoms with Crippen LogP contribution in [0.5, 0.6) is 0 Å². The van der Waals surface area contributed by atoms with E-state index in [1.54, 1.807) is 0 Å². The molecule has 0 unspecified atom stereocenters. The molecule has 2 saturated heterocycles. The second kappa shape index (κ2) is 9.04. The molecule has 20 heavy (non-hydrogen) atoms. The van der Waals surface area contributed by atoms with E-state index >= 15 is 0 Å². The third-order valence-electron chi connectivity index (χ3n) is 4.83. The number of piperidine rings is 1. The van der Waals surface area contributed by atoms with E-state index in [0.717, 1.165) is 11.3 Å². The number of hydrogen-bond acceptors (Lipinski definition) is 2. The van der Waals surface area contributed by atoms with Crippen molar-refractivity contribution in [1.82, 2.24) is 9.80 Å². The molecule has 0 N–H and O–H groups in total. The van der Waals surface area contributed by atoms with Crippen molar-refractivity contribution < 1.29 is 0 Å². The summed E-state index contributed by atoms with van der Waals surface area (Å²) in [6.07, 6.45) is 7.01. The second-order valence-electron chi connectivity index (χ2n) is 7.09. The zero-order valence-electron chi connectivity index (χ0n) is 14.7. The Bertz CT molecular complexity index is 234. The van der Waals surface area contributed by atoms with Crippen LogP contribution in [0.4, 0.5) is 0 Å². The van der Waals surface area contributed by atoms with Crippen molar-refractivity contribution >= 4 is 0 Å². The molecule has 0 bridgehead atoms. The Morgan fingerprint density at radius 3 is 2.05 bits per heavy atom. The summed E-state index contributed by atoms with van der Waals surface area (Å²) in [5.74, 6) is 0.873. The Morgan fingerprint density at radius 2 is 1.55 bits per heavy atom. The Labute approximate surface area is 127 Å². The van der Waals surface area contributed by atoms with Crippen LogP contribution >= 0.6 is 0 Å². The highest BCUT2D eigenvalue weighted by Gasteiger charge is 2.43. The van der Waals surface area contributed by atoms with Gasteiger partial charge in [0.2, 0.25) is 0 Å². The summed E-state index contributed by atoms with van der Waals surface area (Å²) >= 11 is 0. The maximum Gasteiger partial charge on any atom is 0.00514 e. The summed E-state index contributed by atoms with van der Waals surface area (Å²) in [4.78, 5) is 5.35. The molecule has 0 atom stereocenters. The highest BCUT2D eigenvalue weighted by molar-refractivity contribution is 4.97. The van der Waals surface area contributed by atoms with Gasteiger partial charge in [0.1, 0.15) is 0 Å². The Hall–Kier alpha value is -0.0800. The molecule has 0 aromatic heterocycles. The van der Waals surface area contributed by atoms with Gasteiger partial charge < -0.3 is 9.80 Å². The van der Waals surface area contributed by atoms with Crippen LogP contribution in [0, 0.1) is 11.3 Å². The Kier molecular flexibility index (Phi) is 8.13. The van der Waals surface area contributed by atoms with E-state index in [9.17, 15) is 0 Å². The first-order valence-electron chi connectivity index (χ1n) is 9.08. The lowest BCUT2D eigenvalue weighted by atomic mass is 9.72. The molecule has 2 nitrogen and oxygen atoms in total. The maximum atomic E-state index is 2.69. The summed E-state index contributed by atoms with van der Waals surface area (Å²) < 4.78 is 0. The van der Waals surface area contributed by atoms with Crippen molar-refractivity contribution in [1.29, 1.82) is 0 Å². The van der Waals surface area contributed by atoms with Crippen LogP contribution in [0.1, 0.15) is 66.7 Å². The first-order valence-corrected chi connectivity index (χ1v) is 9.08. The van der Waals surface area contributed by atoms with Crippen LogP contribution in [0.15, 0.2) is 0 Å². The van der Waals surface area contributed by atoms with E-state index in [4.69, 9.17) is 0 Å². The van der Waals surface area contributed by atoms with Crippen molar-refractivity contribution in [2.75, 3.05) is 39.3 Å². The standard InChI is InChI=1S/C16H32N2.C2H6/c1-4-9-17-11-7-16(8-12-17)13-18(14-16)10-5-6-15(2)3;1-2/h15H,4-14H2,1-3H3;1-2H3. The lowest BCUT2D eigenvalue weighted by Gasteiger charge is -2.54. The predicted octanol–water partition coefficient (Wildman–Crippen LogP) is 4.26. The van der Waals surface area contributed by atoms with Gasteiger partial charge in [0.15, 0.2) is 0 Å². The summed E-state index contributed by atoms with van der Waals surface area (Å²) in [6.45, 7) is 19.1. The van der Waals surface area contributed by atoms with Crippen LogP contribution in [0.3, 0.4) is 0 Å². The van der Waals surface area contributed by atoms with Gasteiger partial charge in [-0.05, 0) is 69.6 Å². The first-order chi connectivity index (χ1) is 9.63. The molecule has 0 aromatic rings. The van der Waals surface area contributed by atoms with Gasteiger partial charge in [-0.3, -0.25) is 0 Å². The van der Waals surface area contributed by atoms with E-state index < -0.39 is 0 Å². The van der Waals surface area contributed by atoms with Crippen LogP contribution in [-0.2, 0) is 0 Å². The molecule has 2 aliphatic rings. The van der Waals surface area contributed by atoms with Crippen LogP contribution in [-0.4, -0.2) is 49.1 Å². The number of nitrogens with zero attached hydrogens (tertiary/aromatic N) is 2. The largest absolute Gasteiger partial charge is 0.303 e. The molecule has 2 aliphatic heterocycles. The molecule has 0 amide bonds. The third-order valence-corrected chi connectivity index (χ3v) is 4.83. The van der Waals surface area contributed by atoms with Crippen molar-refractivity contribution in [2.24, 2.45) is 11.3 Å². The maximum absolute atomic E-state index is 2.69. The minimum atomic E-state index is 0.724. The van der Waals surface area contributed by atoms with E-state index in [0.29, 0.717) is 0 Å². The monoisotopic (exact) mass is 282 g/mol. The predicted molar refractivity (Wildman–Crippen MR) is 90.3 cm³/mol. The molecule has 2 heterocycles. The van der Waals surface area contributed by atoms with E-state index in [2.05, 4.69) is 30.6 Å². The van der Waals surface area contributed by atoms with Gasteiger partial charge in [0, 0.05) is 13.1 Å². The van der Waals surface area contributed by atoms with Gasteiger partial charge >= 0.3 is 0 Å². The Balaban J connectivity index is 0.000000956. The molecule has 0 saturated carbocycles. The van der Waals surface area contributed by atoms with Crippen molar-refractivity contribution in [3.63, 3.8) is 0 Å². The fraction of sp³-hybridized carbons (Fsp3) is 1.00. The number of likely N-dealkylation sites (tertiary alicyclic amines) is 2. The van der Waals surface area contributed by atoms with Crippen molar-refractivity contribution in [3.05, 3.63) is 0 Å². The molecule has 120 valence electrons. The van der Waals surface area contributed by atoms with E-state index in [-0.39, 0.29) is 0 Å². The molecular weight excluding hydrogens is 244 g/mol. The third kappa shape index (κ3) is 5.37. The SMILES string of the molecule is CC.CCCN1CCC2(CC1)CN(CCCC(C)C)C2.